The van der Waals surface area contributed by atoms with Crippen LogP contribution in [0.15, 0.2) is 113 Å². The van der Waals surface area contributed by atoms with E-state index in [0.29, 0.717) is 0 Å². The molecule has 3 heteroatoms. The molecule has 0 N–H and O–H groups in total. The normalized spacial score (nSPS) is 10.2. The van der Waals surface area contributed by atoms with Gasteiger partial charge in [-0.3, -0.25) is 4.79 Å². The van der Waals surface area contributed by atoms with Crippen molar-refractivity contribution in [2.24, 2.45) is 0 Å². The molecule has 4 aromatic rings. The van der Waals surface area contributed by atoms with Gasteiger partial charge < -0.3 is 0 Å². The van der Waals surface area contributed by atoms with E-state index < -0.39 is 0 Å². The van der Waals surface area contributed by atoms with Gasteiger partial charge in [-0.1, -0.05) is 103 Å². The summed E-state index contributed by atoms with van der Waals surface area (Å²) in [6.07, 6.45) is 0. The molecule has 0 aliphatic rings. The van der Waals surface area contributed by atoms with Crippen LogP contribution >= 0.6 is 25.3 Å². The molecule has 0 saturated heterocycles. The average molecular weight is 415 g/mol. The van der Waals surface area contributed by atoms with Gasteiger partial charge in [0.2, 0.25) is 0 Å². The monoisotopic (exact) mass is 414 g/mol. The topological polar surface area (TPSA) is 17.1 Å². The van der Waals surface area contributed by atoms with Crippen LogP contribution < -0.4 is 0 Å². The molecule has 144 valence electrons. The summed E-state index contributed by atoms with van der Waals surface area (Å²) in [4.78, 5) is 14.5. The van der Waals surface area contributed by atoms with Crippen LogP contribution in [0.3, 0.4) is 0 Å². The largest absolute Gasteiger partial charge is 0.294 e. The van der Waals surface area contributed by atoms with Gasteiger partial charge in [0.25, 0.3) is 0 Å². The highest BCUT2D eigenvalue weighted by atomic mass is 32.2. The minimum atomic E-state index is 0. The Bertz CT molecular complexity index is 1110. The molecule has 0 aliphatic heterocycles. The Kier molecular flexibility index (Phi) is 6.97. The van der Waals surface area contributed by atoms with Gasteiger partial charge in [0.1, 0.15) is 0 Å². The Hall–Kier alpha value is -2.75. The van der Waals surface area contributed by atoms with Crippen molar-refractivity contribution in [1.29, 1.82) is 0 Å². The Morgan fingerprint density at radius 1 is 0.621 bits per heavy atom. The Morgan fingerprint density at radius 2 is 1.17 bits per heavy atom. The summed E-state index contributed by atoms with van der Waals surface area (Å²) in [5, 5.41) is 0. The zero-order chi connectivity index (χ0) is 19.3. The van der Waals surface area contributed by atoms with Crippen LogP contribution in [-0.4, -0.2) is 5.78 Å². The zero-order valence-electron chi connectivity index (χ0n) is 16.1. The van der Waals surface area contributed by atoms with Crippen molar-refractivity contribution in [3.8, 4) is 22.3 Å². The lowest BCUT2D eigenvalue weighted by molar-refractivity contribution is 0.101. The van der Waals surface area contributed by atoms with Gasteiger partial charge >= 0.3 is 0 Å². The molecule has 1 nitrogen and oxygen atoms in total. The summed E-state index contributed by atoms with van der Waals surface area (Å²) in [6, 6.07) is 35.0. The van der Waals surface area contributed by atoms with E-state index in [1.165, 1.54) is 11.1 Å². The summed E-state index contributed by atoms with van der Waals surface area (Å²) in [5.74, 6) is 0.0810. The highest BCUT2D eigenvalue weighted by molar-refractivity contribution is 7.99. The summed E-state index contributed by atoms with van der Waals surface area (Å²) in [7, 11) is 0. The average Bonchev–Trinajstić information content (AvgIpc) is 2.75. The molecular formula is C26H22OS2. The number of hydrogen-bond acceptors (Lipinski definition) is 2. The van der Waals surface area contributed by atoms with Gasteiger partial charge in [0.05, 0.1) is 0 Å². The second kappa shape index (κ2) is 9.64. The second-order valence-electron chi connectivity index (χ2n) is 6.57. The molecule has 4 rings (SSSR count). The number of rotatable bonds is 5. The van der Waals surface area contributed by atoms with Gasteiger partial charge in [-0.15, -0.1) is 0 Å². The van der Waals surface area contributed by atoms with Crippen molar-refractivity contribution < 1.29 is 4.79 Å². The Labute approximate surface area is 183 Å². The molecule has 0 bridgehead atoms. The van der Waals surface area contributed by atoms with Crippen LogP contribution in [0.4, 0.5) is 0 Å². The summed E-state index contributed by atoms with van der Waals surface area (Å²) in [5.41, 5.74) is 5.31. The van der Waals surface area contributed by atoms with Crippen LogP contribution in [-0.2, 0) is 0 Å². The lowest BCUT2D eigenvalue weighted by atomic mass is 9.93. The van der Waals surface area contributed by atoms with Gasteiger partial charge in [0, 0.05) is 15.4 Å². The van der Waals surface area contributed by atoms with Crippen LogP contribution in [0.25, 0.3) is 22.3 Å². The van der Waals surface area contributed by atoms with Gasteiger partial charge in [-0.05, 0) is 41.3 Å². The van der Waals surface area contributed by atoms with Crippen LogP contribution in [0.5, 0.6) is 0 Å². The molecule has 0 atom stereocenters. The maximum absolute atomic E-state index is 12.4. The third-order valence-electron chi connectivity index (χ3n) is 4.66. The molecule has 4 aromatic carbocycles. The standard InChI is InChI=1S/C26H20OS.H2S/c1-19(27)22-17-10-18-25(26(22)28-21-13-6-3-7-14-21)24-16-9-8-15-23(24)20-11-4-2-5-12-20;/h2-18H,1H3;1H2. The van der Waals surface area contributed by atoms with E-state index in [-0.39, 0.29) is 19.3 Å². The van der Waals surface area contributed by atoms with E-state index in [1.807, 2.05) is 36.4 Å². The third-order valence-corrected chi connectivity index (χ3v) is 5.81. The fourth-order valence-corrected chi connectivity index (χ4v) is 4.47. The Balaban J connectivity index is 0.00000240. The van der Waals surface area contributed by atoms with Crippen molar-refractivity contribution in [2.45, 2.75) is 16.7 Å². The van der Waals surface area contributed by atoms with Crippen molar-refractivity contribution in [1.82, 2.24) is 0 Å². The van der Waals surface area contributed by atoms with E-state index in [1.54, 1.807) is 18.7 Å². The first-order valence-corrected chi connectivity index (χ1v) is 10.1. The molecular weight excluding hydrogens is 392 g/mol. The SMILES string of the molecule is CC(=O)c1cccc(-c2ccccc2-c2ccccc2)c1Sc1ccccc1.S. The van der Waals surface area contributed by atoms with Crippen LogP contribution in [0.2, 0.25) is 0 Å². The highest BCUT2D eigenvalue weighted by Crippen LogP contribution is 2.42. The number of benzene rings is 4. The Morgan fingerprint density at radius 3 is 1.83 bits per heavy atom. The summed E-state index contributed by atoms with van der Waals surface area (Å²) >= 11 is 1.65. The van der Waals surface area contributed by atoms with E-state index in [4.69, 9.17) is 0 Å². The second-order valence-corrected chi connectivity index (χ2v) is 7.65. The van der Waals surface area contributed by atoms with Crippen molar-refractivity contribution in [2.75, 3.05) is 0 Å². The number of carbonyl (C=O) groups excluding carboxylic acids is 1. The smallest absolute Gasteiger partial charge is 0.160 e. The van der Waals surface area contributed by atoms with E-state index in [0.717, 1.165) is 26.5 Å². The van der Waals surface area contributed by atoms with E-state index in [9.17, 15) is 4.79 Å². The maximum atomic E-state index is 12.4. The fourth-order valence-electron chi connectivity index (χ4n) is 3.33. The lowest BCUT2D eigenvalue weighted by Gasteiger charge is -2.16. The molecule has 0 fully saturated rings. The minimum Gasteiger partial charge on any atom is -0.294 e. The lowest BCUT2D eigenvalue weighted by Crippen LogP contribution is -1.98. The number of hydrogen-bond donors (Lipinski definition) is 0. The molecule has 0 heterocycles. The molecule has 0 saturated carbocycles. The number of ketones is 1. The molecule has 29 heavy (non-hydrogen) atoms. The predicted molar refractivity (Wildman–Crippen MR) is 128 cm³/mol. The first kappa shape index (κ1) is 21.0. The number of Topliss-reactive ketones (excluding diaryl/α,β-unsaturated/α-hetero) is 1. The molecule has 0 amide bonds. The third kappa shape index (κ3) is 4.64. The first-order valence-electron chi connectivity index (χ1n) is 9.26. The van der Waals surface area contributed by atoms with Crippen LogP contribution in [0.1, 0.15) is 17.3 Å². The molecule has 0 aromatic heterocycles. The quantitative estimate of drug-likeness (QED) is 0.315. The number of carbonyl (C=O) groups is 1. The highest BCUT2D eigenvalue weighted by Gasteiger charge is 2.17. The molecule has 0 aliphatic carbocycles. The van der Waals surface area contributed by atoms with Gasteiger partial charge in [-0.25, -0.2) is 0 Å². The van der Waals surface area contributed by atoms with E-state index in [2.05, 4.69) is 66.7 Å². The van der Waals surface area contributed by atoms with Gasteiger partial charge in [-0.2, -0.15) is 13.5 Å². The maximum Gasteiger partial charge on any atom is 0.160 e. The van der Waals surface area contributed by atoms with Crippen LogP contribution in [0, 0.1) is 0 Å². The zero-order valence-corrected chi connectivity index (χ0v) is 17.9. The molecule has 0 radical (unpaired) electrons. The van der Waals surface area contributed by atoms with E-state index >= 15 is 0 Å². The van der Waals surface area contributed by atoms with Crippen molar-refractivity contribution >= 4 is 31.0 Å². The summed E-state index contributed by atoms with van der Waals surface area (Å²) < 4.78 is 0. The predicted octanol–water partition coefficient (Wildman–Crippen LogP) is 7.49. The minimum absolute atomic E-state index is 0. The molecule has 0 spiro atoms. The van der Waals surface area contributed by atoms with Gasteiger partial charge in [0.15, 0.2) is 5.78 Å². The van der Waals surface area contributed by atoms with Crippen molar-refractivity contribution in [3.63, 3.8) is 0 Å². The molecule has 0 unspecified atom stereocenters. The fraction of sp³-hybridized carbons (Fsp3) is 0.0385. The first-order chi connectivity index (χ1) is 13.7. The summed E-state index contributed by atoms with van der Waals surface area (Å²) in [6.45, 7) is 1.64. The van der Waals surface area contributed by atoms with Crippen molar-refractivity contribution in [3.05, 3.63) is 109 Å².